The Balaban J connectivity index is 2.25. The summed E-state index contributed by atoms with van der Waals surface area (Å²) in [5.74, 6) is -1.68. The van der Waals surface area contributed by atoms with E-state index in [1.165, 1.54) is 6.92 Å². The molecule has 114 valence electrons. The van der Waals surface area contributed by atoms with E-state index in [4.69, 9.17) is 16.7 Å². The highest BCUT2D eigenvalue weighted by Gasteiger charge is 2.13. The van der Waals surface area contributed by atoms with Gasteiger partial charge in [0.05, 0.1) is 0 Å². The van der Waals surface area contributed by atoms with Gasteiger partial charge in [-0.3, -0.25) is 14.4 Å². The van der Waals surface area contributed by atoms with E-state index >= 15 is 0 Å². The second-order valence-corrected chi connectivity index (χ2v) is 4.93. The summed E-state index contributed by atoms with van der Waals surface area (Å²) in [5.41, 5.74) is 0.489. The Labute approximate surface area is 127 Å². The standard InChI is InChI=1S/C14H17ClN2O4/c1-9(14(20)21)17-12(18)3-2-8-16-13(19)10-4-6-11(15)7-5-10/h4-7,9H,2-3,8H2,1H3,(H,16,19)(H,17,18)(H,20,21)/t9-/m0/s1. The van der Waals surface area contributed by atoms with E-state index in [0.29, 0.717) is 23.6 Å². The number of amides is 2. The van der Waals surface area contributed by atoms with Crippen LogP contribution in [0.4, 0.5) is 0 Å². The van der Waals surface area contributed by atoms with Gasteiger partial charge in [-0.15, -0.1) is 0 Å². The molecule has 2 amide bonds. The Bertz CT molecular complexity index is 516. The predicted molar refractivity (Wildman–Crippen MR) is 78.3 cm³/mol. The van der Waals surface area contributed by atoms with Crippen molar-refractivity contribution in [1.82, 2.24) is 10.6 Å². The number of carbonyl (C=O) groups excluding carboxylic acids is 2. The summed E-state index contributed by atoms with van der Waals surface area (Å²) in [7, 11) is 0. The van der Waals surface area contributed by atoms with Crippen molar-refractivity contribution in [2.24, 2.45) is 0 Å². The topological polar surface area (TPSA) is 95.5 Å². The van der Waals surface area contributed by atoms with Crippen molar-refractivity contribution in [3.8, 4) is 0 Å². The SMILES string of the molecule is C[C@H](NC(=O)CCCNC(=O)c1ccc(Cl)cc1)C(=O)O. The van der Waals surface area contributed by atoms with Crippen molar-refractivity contribution >= 4 is 29.4 Å². The Kier molecular flexibility index (Phi) is 6.68. The van der Waals surface area contributed by atoms with Crippen molar-refractivity contribution in [2.75, 3.05) is 6.54 Å². The molecule has 0 saturated heterocycles. The molecular formula is C14H17ClN2O4. The summed E-state index contributed by atoms with van der Waals surface area (Å²) >= 11 is 5.72. The number of hydrogen-bond acceptors (Lipinski definition) is 3. The molecule has 1 aromatic carbocycles. The Morgan fingerprint density at radius 3 is 2.43 bits per heavy atom. The highest BCUT2D eigenvalue weighted by atomic mass is 35.5. The number of carboxylic acids is 1. The first-order chi connectivity index (χ1) is 9.90. The smallest absolute Gasteiger partial charge is 0.325 e. The zero-order chi connectivity index (χ0) is 15.8. The number of hydrogen-bond donors (Lipinski definition) is 3. The zero-order valence-corrected chi connectivity index (χ0v) is 12.3. The van der Waals surface area contributed by atoms with Gasteiger partial charge in [0.15, 0.2) is 0 Å². The van der Waals surface area contributed by atoms with Gasteiger partial charge in [0.2, 0.25) is 5.91 Å². The Morgan fingerprint density at radius 1 is 1.24 bits per heavy atom. The number of halogens is 1. The summed E-state index contributed by atoms with van der Waals surface area (Å²) in [6.45, 7) is 1.72. The lowest BCUT2D eigenvalue weighted by Gasteiger charge is -2.09. The fourth-order valence-electron chi connectivity index (χ4n) is 1.53. The van der Waals surface area contributed by atoms with E-state index in [-0.39, 0.29) is 18.2 Å². The van der Waals surface area contributed by atoms with Gasteiger partial charge in [-0.2, -0.15) is 0 Å². The van der Waals surface area contributed by atoms with Gasteiger partial charge in [-0.1, -0.05) is 11.6 Å². The largest absolute Gasteiger partial charge is 0.480 e. The first kappa shape index (κ1) is 17.0. The Morgan fingerprint density at radius 2 is 1.86 bits per heavy atom. The average molecular weight is 313 g/mol. The Hall–Kier alpha value is -2.08. The molecule has 0 aliphatic heterocycles. The second kappa shape index (κ2) is 8.26. The molecule has 21 heavy (non-hydrogen) atoms. The van der Waals surface area contributed by atoms with Crippen LogP contribution in [-0.2, 0) is 9.59 Å². The summed E-state index contributed by atoms with van der Waals surface area (Å²) < 4.78 is 0. The number of benzene rings is 1. The number of rotatable bonds is 7. The maximum atomic E-state index is 11.7. The molecule has 0 fully saturated rings. The van der Waals surface area contributed by atoms with E-state index in [2.05, 4.69) is 10.6 Å². The highest BCUT2D eigenvalue weighted by molar-refractivity contribution is 6.30. The van der Waals surface area contributed by atoms with E-state index in [9.17, 15) is 14.4 Å². The lowest BCUT2D eigenvalue weighted by molar-refractivity contribution is -0.141. The molecule has 0 heterocycles. The third kappa shape index (κ3) is 6.27. The minimum atomic E-state index is -1.08. The molecule has 0 spiro atoms. The molecule has 0 unspecified atom stereocenters. The van der Waals surface area contributed by atoms with Crippen molar-refractivity contribution in [1.29, 1.82) is 0 Å². The van der Waals surface area contributed by atoms with Crippen molar-refractivity contribution in [2.45, 2.75) is 25.8 Å². The summed E-state index contributed by atoms with van der Waals surface area (Å²) in [6.07, 6.45) is 0.579. The minimum absolute atomic E-state index is 0.151. The fourth-order valence-corrected chi connectivity index (χ4v) is 1.66. The fraction of sp³-hybridized carbons (Fsp3) is 0.357. The van der Waals surface area contributed by atoms with E-state index < -0.39 is 12.0 Å². The number of nitrogens with one attached hydrogen (secondary N) is 2. The molecule has 3 N–H and O–H groups in total. The van der Waals surface area contributed by atoms with Gasteiger partial charge in [0, 0.05) is 23.6 Å². The zero-order valence-electron chi connectivity index (χ0n) is 11.6. The van der Waals surface area contributed by atoms with Crippen LogP contribution in [0.1, 0.15) is 30.1 Å². The molecule has 0 aliphatic rings. The first-order valence-electron chi connectivity index (χ1n) is 6.46. The molecule has 1 aromatic rings. The summed E-state index contributed by atoms with van der Waals surface area (Å²) in [6, 6.07) is 5.55. The van der Waals surface area contributed by atoms with Crippen LogP contribution in [0.25, 0.3) is 0 Å². The number of aliphatic carboxylic acids is 1. The van der Waals surface area contributed by atoms with E-state index in [1.54, 1.807) is 24.3 Å². The predicted octanol–water partition coefficient (Wildman–Crippen LogP) is 1.44. The van der Waals surface area contributed by atoms with Crippen LogP contribution in [0.15, 0.2) is 24.3 Å². The molecule has 0 aliphatic carbocycles. The lowest BCUT2D eigenvalue weighted by atomic mass is 10.2. The van der Waals surface area contributed by atoms with Crippen LogP contribution in [-0.4, -0.2) is 35.5 Å². The number of carboxylic acid groups (broad SMARTS) is 1. The number of carbonyl (C=O) groups is 3. The van der Waals surface area contributed by atoms with Gasteiger partial charge in [-0.05, 0) is 37.6 Å². The average Bonchev–Trinajstić information content (AvgIpc) is 2.44. The molecular weight excluding hydrogens is 296 g/mol. The first-order valence-corrected chi connectivity index (χ1v) is 6.84. The van der Waals surface area contributed by atoms with E-state index in [1.807, 2.05) is 0 Å². The molecule has 7 heteroatoms. The van der Waals surface area contributed by atoms with E-state index in [0.717, 1.165) is 0 Å². The monoisotopic (exact) mass is 312 g/mol. The van der Waals surface area contributed by atoms with Crippen molar-refractivity contribution < 1.29 is 19.5 Å². The van der Waals surface area contributed by atoms with Gasteiger partial charge in [0.1, 0.15) is 6.04 Å². The van der Waals surface area contributed by atoms with Gasteiger partial charge in [0.25, 0.3) is 5.91 Å². The quantitative estimate of drug-likeness (QED) is 0.664. The van der Waals surface area contributed by atoms with Crippen LogP contribution in [0.2, 0.25) is 5.02 Å². The van der Waals surface area contributed by atoms with Gasteiger partial charge >= 0.3 is 5.97 Å². The molecule has 6 nitrogen and oxygen atoms in total. The van der Waals surface area contributed by atoms with Gasteiger partial charge in [-0.25, -0.2) is 0 Å². The van der Waals surface area contributed by atoms with Crippen molar-refractivity contribution in [3.63, 3.8) is 0 Å². The van der Waals surface area contributed by atoms with Crippen LogP contribution in [0.3, 0.4) is 0 Å². The normalized spacial score (nSPS) is 11.5. The minimum Gasteiger partial charge on any atom is -0.480 e. The molecule has 0 saturated carbocycles. The molecule has 1 rings (SSSR count). The van der Waals surface area contributed by atoms with Crippen LogP contribution < -0.4 is 10.6 Å². The molecule has 1 atom stereocenters. The lowest BCUT2D eigenvalue weighted by Crippen LogP contribution is -2.38. The highest BCUT2D eigenvalue weighted by Crippen LogP contribution is 2.09. The maximum Gasteiger partial charge on any atom is 0.325 e. The molecule has 0 bridgehead atoms. The third-order valence-corrected chi connectivity index (χ3v) is 2.97. The molecule has 0 aromatic heterocycles. The molecule has 0 radical (unpaired) electrons. The third-order valence-electron chi connectivity index (χ3n) is 2.72. The van der Waals surface area contributed by atoms with Crippen LogP contribution in [0, 0.1) is 0 Å². The van der Waals surface area contributed by atoms with Crippen LogP contribution in [0.5, 0.6) is 0 Å². The van der Waals surface area contributed by atoms with Crippen LogP contribution >= 0.6 is 11.6 Å². The van der Waals surface area contributed by atoms with Crippen molar-refractivity contribution in [3.05, 3.63) is 34.9 Å². The second-order valence-electron chi connectivity index (χ2n) is 4.49. The summed E-state index contributed by atoms with van der Waals surface area (Å²) in [5, 5.41) is 14.2. The maximum absolute atomic E-state index is 11.7. The van der Waals surface area contributed by atoms with Gasteiger partial charge < -0.3 is 15.7 Å². The summed E-state index contributed by atoms with van der Waals surface area (Å²) in [4.78, 5) is 33.7.